The van der Waals surface area contributed by atoms with Crippen LogP contribution in [-0.4, -0.2) is 62.3 Å². The van der Waals surface area contributed by atoms with Crippen LogP contribution in [-0.2, 0) is 0 Å². The third-order valence-corrected chi connectivity index (χ3v) is 17.9. The summed E-state index contributed by atoms with van der Waals surface area (Å²) in [5.74, 6) is 3.68. The molecule has 11 aromatic rings. The zero-order chi connectivity index (χ0) is 84.0. The standard InChI is InChI=1S/C13H14O.C12H16N2O.C12H13N.C11H12N2O2.C11H14N2O.C11H12N2O.C11H12S.7C2H6/c1-9(2)11-7-6-10-4-3-5-13(14)12(10)8-11;1-8(2)9-3-4-11-10(7-9)12(15)14-6-5-13-11;1-9(2)11-4-3-10-5-6-13-8-12(10)7-11;1-6(2)7-3-4-9-8(5-7)10(14)13-11(15)12-9;2*1-7(2)8-3-4-10-9(5-8)11(14)13-6-12-10;1-8(2)9-3-4-11-10(7-9)5-6-12-11;7*1-2/h3-4,6-9H,5H2,1-2H3;3-4,7-8,13H,5-6H2,1-2H3,(H,14,15);3-9H,1-2H3;3-6H,1-2H3,(H2,12,13,14,15);3-5,7,12H,6H2,1-2H3,(H,13,14);3-7H,1-2H3,(H,12,13,14);3-8H,1-2H3;7*1-2H3. The Morgan fingerprint density at radius 3 is 1.40 bits per heavy atom. The molecule has 16 heteroatoms. The zero-order valence-corrected chi connectivity index (χ0v) is 73.2. The van der Waals surface area contributed by atoms with Gasteiger partial charge < -0.3 is 31.2 Å². The minimum atomic E-state index is -0.468. The van der Waals surface area contributed by atoms with E-state index in [9.17, 15) is 28.8 Å². The highest BCUT2D eigenvalue weighted by Crippen LogP contribution is 2.29. The second-order valence-corrected chi connectivity index (χ2v) is 27.5. The van der Waals surface area contributed by atoms with E-state index in [0.29, 0.717) is 77.3 Å². The highest BCUT2D eigenvalue weighted by atomic mass is 32.1. The normalized spacial score (nSPS) is 11.5. The number of rotatable bonds is 7. The lowest BCUT2D eigenvalue weighted by molar-refractivity contribution is 0.0946. The van der Waals surface area contributed by atoms with Crippen molar-refractivity contribution in [2.45, 2.75) is 242 Å². The van der Waals surface area contributed by atoms with Crippen LogP contribution in [0.1, 0.15) is 317 Å². The lowest BCUT2D eigenvalue weighted by Gasteiger charge is -2.19. The Kier molecular flexibility index (Phi) is 47.9. The first-order chi connectivity index (χ1) is 53.3. The molecule has 602 valence electrons. The van der Waals surface area contributed by atoms with Gasteiger partial charge in [0.2, 0.25) is 0 Å². The van der Waals surface area contributed by atoms with Crippen molar-refractivity contribution >= 4 is 89.0 Å². The van der Waals surface area contributed by atoms with E-state index in [4.69, 9.17) is 0 Å². The summed E-state index contributed by atoms with van der Waals surface area (Å²) in [4.78, 5) is 84.4. The first-order valence-corrected chi connectivity index (χ1v) is 41.4. The zero-order valence-electron chi connectivity index (χ0n) is 72.4. The van der Waals surface area contributed by atoms with Gasteiger partial charge >= 0.3 is 5.69 Å². The van der Waals surface area contributed by atoms with Crippen molar-refractivity contribution < 1.29 is 14.4 Å². The van der Waals surface area contributed by atoms with E-state index in [1.54, 1.807) is 6.07 Å². The summed E-state index contributed by atoms with van der Waals surface area (Å²) in [7, 11) is 0. The highest BCUT2D eigenvalue weighted by Gasteiger charge is 2.19. The molecule has 2 aliphatic heterocycles. The third kappa shape index (κ3) is 31.3. The predicted octanol–water partition coefficient (Wildman–Crippen LogP) is 25.3. The van der Waals surface area contributed by atoms with Crippen molar-refractivity contribution in [1.29, 1.82) is 0 Å². The van der Waals surface area contributed by atoms with Gasteiger partial charge in [0.25, 0.3) is 22.9 Å². The molecule has 1 aliphatic carbocycles. The van der Waals surface area contributed by atoms with Crippen LogP contribution in [0.15, 0.2) is 184 Å². The number of nitrogens with one attached hydrogen (secondary N) is 7. The summed E-state index contributed by atoms with van der Waals surface area (Å²) in [6, 6.07) is 47.1. The van der Waals surface area contributed by atoms with Crippen LogP contribution in [0.5, 0.6) is 0 Å². The lowest BCUT2D eigenvalue weighted by atomic mass is 9.91. The summed E-state index contributed by atoms with van der Waals surface area (Å²) < 4.78 is 1.39. The smallest absolute Gasteiger partial charge is 0.326 e. The van der Waals surface area contributed by atoms with Gasteiger partial charge in [-0.1, -0.05) is 267 Å². The number of carbonyl (C=O) groups is 3. The topological polar surface area (TPSA) is 224 Å². The molecule has 0 saturated carbocycles. The maximum atomic E-state index is 11.7. The Labute approximate surface area is 669 Å². The van der Waals surface area contributed by atoms with Crippen molar-refractivity contribution in [2.24, 2.45) is 0 Å². The second-order valence-electron chi connectivity index (χ2n) is 26.5. The van der Waals surface area contributed by atoms with Crippen LogP contribution in [0.3, 0.4) is 0 Å². The molecular formula is C95H135N9O6S. The fraction of sp³-hybridized carbons (Fsp3) is 0.411. The van der Waals surface area contributed by atoms with E-state index in [2.05, 4.69) is 209 Å². The number of fused-ring (bicyclic) bond motifs is 7. The molecule has 111 heavy (non-hydrogen) atoms. The number of amides is 2. The summed E-state index contributed by atoms with van der Waals surface area (Å²) in [6.45, 7) is 60.0. The van der Waals surface area contributed by atoms with Gasteiger partial charge in [-0.3, -0.25) is 33.9 Å². The number of thiophene rings is 1. The van der Waals surface area contributed by atoms with E-state index in [1.165, 1.54) is 55.0 Å². The number of nitrogens with zero attached hydrogens (tertiary/aromatic N) is 2. The molecule has 2 amide bonds. The first-order valence-electron chi connectivity index (χ1n) is 40.6. The number of aromatic amines is 3. The van der Waals surface area contributed by atoms with Crippen LogP contribution in [0.4, 0.5) is 11.4 Å². The van der Waals surface area contributed by atoms with E-state index in [1.807, 2.05) is 206 Å². The van der Waals surface area contributed by atoms with Crippen LogP contribution in [0, 0.1) is 0 Å². The Morgan fingerprint density at radius 2 is 0.838 bits per heavy atom. The van der Waals surface area contributed by atoms with Crippen molar-refractivity contribution in [3.8, 4) is 0 Å². The van der Waals surface area contributed by atoms with Crippen molar-refractivity contribution in [3.05, 3.63) is 262 Å². The van der Waals surface area contributed by atoms with Crippen LogP contribution >= 0.6 is 11.3 Å². The minimum Gasteiger partial charge on any atom is -0.383 e. The fourth-order valence-corrected chi connectivity index (χ4v) is 11.6. The van der Waals surface area contributed by atoms with Gasteiger partial charge in [-0.05, 0) is 181 Å². The summed E-state index contributed by atoms with van der Waals surface area (Å²) >= 11 is 1.81. The molecule has 15 nitrogen and oxygen atoms in total. The molecule has 0 atom stereocenters. The quantitative estimate of drug-likeness (QED) is 0.0799. The number of hydrogen-bond acceptors (Lipinski definition) is 11. The molecule has 7 aromatic carbocycles. The Balaban J connectivity index is 0.000000630. The Morgan fingerprint density at radius 1 is 0.387 bits per heavy atom. The molecule has 4 aromatic heterocycles. The van der Waals surface area contributed by atoms with Gasteiger partial charge in [-0.2, -0.15) is 0 Å². The number of anilines is 2. The number of allylic oxidation sites excluding steroid dienone is 1. The van der Waals surface area contributed by atoms with E-state index >= 15 is 0 Å². The van der Waals surface area contributed by atoms with E-state index in [0.717, 1.165) is 56.8 Å². The number of Topliss-reactive ketones (excluding diaryl/α,β-unsaturated/α-hetero) is 1. The molecule has 0 spiro atoms. The molecule has 0 radical (unpaired) electrons. The van der Waals surface area contributed by atoms with Crippen LogP contribution < -0.4 is 38.1 Å². The summed E-state index contributed by atoms with van der Waals surface area (Å²) in [5, 5.41) is 19.2. The number of ketones is 1. The van der Waals surface area contributed by atoms with Gasteiger partial charge in [0.05, 0.1) is 45.9 Å². The van der Waals surface area contributed by atoms with Gasteiger partial charge in [0.1, 0.15) is 0 Å². The van der Waals surface area contributed by atoms with Gasteiger partial charge in [-0.25, -0.2) is 9.78 Å². The Bertz CT molecular complexity index is 4770. The number of carbonyl (C=O) groups excluding carboxylic acids is 3. The molecule has 7 N–H and O–H groups in total. The fourth-order valence-electron chi connectivity index (χ4n) is 10.8. The lowest BCUT2D eigenvalue weighted by Crippen LogP contribution is -2.34. The molecule has 3 aliphatic rings. The molecule has 0 unspecified atom stereocenters. The van der Waals surface area contributed by atoms with Gasteiger partial charge in [0.15, 0.2) is 5.78 Å². The summed E-state index contributed by atoms with van der Waals surface area (Å²) in [6.07, 6.45) is 9.69. The van der Waals surface area contributed by atoms with Gasteiger partial charge in [0, 0.05) is 58.9 Å². The number of H-pyrrole nitrogens is 3. The number of benzene rings is 7. The maximum Gasteiger partial charge on any atom is 0.326 e. The summed E-state index contributed by atoms with van der Waals surface area (Å²) in [5.41, 5.74) is 14.5. The third-order valence-electron chi connectivity index (χ3n) is 17.0. The van der Waals surface area contributed by atoms with E-state index < -0.39 is 5.69 Å². The number of pyridine rings is 1. The van der Waals surface area contributed by atoms with Crippen LogP contribution in [0.25, 0.3) is 48.7 Å². The monoisotopic (exact) mass is 1530 g/mol. The largest absolute Gasteiger partial charge is 0.383 e. The first kappa shape index (κ1) is 98.9. The predicted molar refractivity (Wildman–Crippen MR) is 483 cm³/mol. The number of aromatic nitrogens is 5. The molecule has 0 bridgehead atoms. The maximum absolute atomic E-state index is 11.7. The SMILES string of the molecule is CC.CC.CC.CC.CC.CC.CC.CC(C)c1ccc2[nH]c(=O)[nH]c(=O)c2c1.CC(C)c1ccc2c(c1)C(=O)CC=C2.CC(C)c1ccc2c(c1)C(=O)NCCN2.CC(C)c1ccc2c(c1)C(=O)NCN2.CC(C)c1ccc2ccncc2c1.CC(C)c1ccc2nc[nH]c(=O)c2c1.CC(C)c1ccc2sccc2c1. The van der Waals surface area contributed by atoms with Crippen molar-refractivity contribution in [2.75, 3.05) is 30.4 Å². The molecule has 14 rings (SSSR count). The second kappa shape index (κ2) is 53.7. The molecule has 0 fully saturated rings. The molecule has 6 heterocycles. The molecule has 0 saturated heterocycles. The van der Waals surface area contributed by atoms with E-state index in [-0.39, 0.29) is 28.7 Å². The van der Waals surface area contributed by atoms with Crippen molar-refractivity contribution in [1.82, 2.24) is 35.6 Å². The molecular weight excluding hydrogens is 1400 g/mol. The van der Waals surface area contributed by atoms with Crippen LogP contribution in [0.2, 0.25) is 0 Å². The Hall–Kier alpha value is -10.1. The average molecular weight is 1530 g/mol. The van der Waals surface area contributed by atoms with Gasteiger partial charge in [-0.15, -0.1) is 11.3 Å². The number of hydrogen-bond donors (Lipinski definition) is 7. The average Bonchev–Trinajstić information content (AvgIpc) is 1.79. The minimum absolute atomic E-state index is 0.0150. The van der Waals surface area contributed by atoms with Crippen molar-refractivity contribution in [3.63, 3.8) is 0 Å². The highest BCUT2D eigenvalue weighted by molar-refractivity contribution is 7.17.